The zero-order chi connectivity index (χ0) is 34.2. The molecule has 0 fully saturated rings. The molecule has 0 radical (unpaired) electrons. The third-order valence-electron chi connectivity index (χ3n) is 9.23. The van der Waals surface area contributed by atoms with Crippen LogP contribution in [0.4, 0.5) is 28.4 Å². The molecule has 0 saturated heterocycles. The Morgan fingerprint density at radius 2 is 1.21 bits per heavy atom. The van der Waals surface area contributed by atoms with E-state index in [2.05, 4.69) is 10.9 Å². The summed E-state index contributed by atoms with van der Waals surface area (Å²) in [5, 5.41) is 25.9. The second-order valence-electron chi connectivity index (χ2n) is 12.4. The van der Waals surface area contributed by atoms with Crippen LogP contribution in [0.2, 0.25) is 0 Å². The molecule has 9 N–H and O–H groups in total. The molecule has 0 amide bonds. The Bertz CT molecular complexity index is 2380. The van der Waals surface area contributed by atoms with Gasteiger partial charge < -0.3 is 32.9 Å². The van der Waals surface area contributed by atoms with E-state index in [1.165, 1.54) is 0 Å². The van der Waals surface area contributed by atoms with Gasteiger partial charge in [-0.1, -0.05) is 36.4 Å². The predicted octanol–water partition coefficient (Wildman–Crippen LogP) is 6.29. The van der Waals surface area contributed by atoms with E-state index >= 15 is 0 Å². The summed E-state index contributed by atoms with van der Waals surface area (Å²) in [7, 11) is 7.80. The average Bonchev–Trinajstić information content (AvgIpc) is 3.04. The fourth-order valence-electron chi connectivity index (χ4n) is 7.47. The summed E-state index contributed by atoms with van der Waals surface area (Å²) in [5.74, 6) is -0.111. The average molecular weight is 630 g/mol. The van der Waals surface area contributed by atoms with Gasteiger partial charge in [0.1, 0.15) is 19.9 Å². The lowest BCUT2D eigenvalue weighted by atomic mass is 9.68. The van der Waals surface area contributed by atoms with Gasteiger partial charge in [-0.05, 0) is 36.4 Å². The molecule has 2 aliphatic rings. The maximum atomic E-state index is 12.5. The Balaban J connectivity index is 1.75. The molecule has 9 heteroatoms. The van der Waals surface area contributed by atoms with Gasteiger partial charge in [0.25, 0.3) is 5.70 Å². The standard InChI is InChI=1S/C39H32N8O/c1-45-27(18-40)32-35(33-28-19(10-6-14-23(28)41)37(46(2)3)20-11-7-15-24(42)29(20)33)39(48)36(32)34-30-21(12-8-16-25(30)43)38(47(4)5)22-13-9-17-26(44)31(22)34/h6-17H,41-44H2,2-5H3/p+1. The molecule has 0 spiro atoms. The molecule has 0 bridgehead atoms. The van der Waals surface area contributed by atoms with E-state index in [1.807, 2.05) is 86.2 Å². The fourth-order valence-corrected chi connectivity index (χ4v) is 7.47. The number of rotatable bonds is 2. The van der Waals surface area contributed by atoms with Crippen LogP contribution >= 0.6 is 0 Å². The van der Waals surface area contributed by atoms with Crippen molar-refractivity contribution in [3.63, 3.8) is 0 Å². The Morgan fingerprint density at radius 1 is 0.729 bits per heavy atom. The Morgan fingerprint density at radius 3 is 1.65 bits per heavy atom. The first-order chi connectivity index (χ1) is 23.0. The highest BCUT2D eigenvalue weighted by atomic mass is 16.3. The van der Waals surface area contributed by atoms with Gasteiger partial charge in [0.2, 0.25) is 5.71 Å². The second-order valence-corrected chi connectivity index (χ2v) is 12.4. The van der Waals surface area contributed by atoms with Crippen molar-refractivity contribution >= 4 is 66.8 Å². The van der Waals surface area contributed by atoms with E-state index < -0.39 is 0 Å². The van der Waals surface area contributed by atoms with Gasteiger partial charge in [-0.15, -0.1) is 0 Å². The van der Waals surface area contributed by atoms with Crippen LogP contribution < -0.4 is 27.8 Å². The lowest BCUT2D eigenvalue weighted by Gasteiger charge is -2.35. The summed E-state index contributed by atoms with van der Waals surface area (Å²) in [4.78, 5) is 5.68. The quantitative estimate of drug-likeness (QED) is 0.0495. The summed E-state index contributed by atoms with van der Waals surface area (Å²) in [5.41, 5.74) is 35.4. The number of benzene rings is 5. The van der Waals surface area contributed by atoms with E-state index in [4.69, 9.17) is 29.5 Å². The Hall–Kier alpha value is -6.71. The number of hydrogen-bond donors (Lipinski definition) is 5. The number of aliphatic hydroxyl groups excluding tert-OH is 1. The summed E-state index contributed by atoms with van der Waals surface area (Å²) < 4.78 is 2.01. The summed E-state index contributed by atoms with van der Waals surface area (Å²) >= 11 is 0. The minimum Gasteiger partial charge on any atom is -0.507 e. The molecule has 9 nitrogen and oxygen atoms in total. The molecule has 0 aromatic heterocycles. The van der Waals surface area contributed by atoms with Gasteiger partial charge >= 0.3 is 0 Å². The molecule has 2 aliphatic carbocycles. The van der Waals surface area contributed by atoms with Gasteiger partial charge in [0.15, 0.2) is 0 Å². The molecule has 0 heterocycles. The van der Waals surface area contributed by atoms with Crippen LogP contribution in [0.25, 0.3) is 37.5 Å². The Kier molecular flexibility index (Phi) is 6.67. The highest BCUT2D eigenvalue weighted by Crippen LogP contribution is 2.58. The first-order valence-corrected chi connectivity index (χ1v) is 15.3. The van der Waals surface area contributed by atoms with Crippen LogP contribution in [0, 0.1) is 17.9 Å². The number of nitriles is 1. The fraction of sp³-hybridized carbons (Fsp3) is 0.103. The van der Waals surface area contributed by atoms with Crippen molar-refractivity contribution in [2.45, 2.75) is 0 Å². The SMILES string of the molecule is [C-]#[N+]C(C#N)=C1C(=C2c3c(N)cccc3C(=[N+](C)C)c3cccc(N)c32)C(O)=C1c1c2c(N)cccc2c(N(C)C)c2cccc(N)c12. The molecular formula is C39H33N8O+. The van der Waals surface area contributed by atoms with Gasteiger partial charge in [0.05, 0.1) is 29.5 Å². The number of hydrogen-bond acceptors (Lipinski definition) is 7. The van der Waals surface area contributed by atoms with E-state index in [1.54, 1.807) is 24.3 Å². The Labute approximate surface area is 278 Å². The summed E-state index contributed by atoms with van der Waals surface area (Å²) in [6.07, 6.45) is 0. The normalized spacial score (nSPS) is 14.7. The van der Waals surface area contributed by atoms with E-state index in [9.17, 15) is 10.4 Å². The zero-order valence-electron chi connectivity index (χ0n) is 27.0. The van der Waals surface area contributed by atoms with Crippen LogP contribution in [0.3, 0.4) is 0 Å². The van der Waals surface area contributed by atoms with Crippen molar-refractivity contribution in [2.75, 3.05) is 56.0 Å². The highest BCUT2D eigenvalue weighted by Gasteiger charge is 2.43. The van der Waals surface area contributed by atoms with Crippen LogP contribution in [0.1, 0.15) is 27.8 Å². The monoisotopic (exact) mass is 629 g/mol. The van der Waals surface area contributed by atoms with E-state index in [-0.39, 0.29) is 17.0 Å². The lowest BCUT2D eigenvalue weighted by molar-refractivity contribution is -0.463. The first-order valence-electron chi connectivity index (χ1n) is 15.3. The smallest absolute Gasteiger partial charge is 0.270 e. The highest BCUT2D eigenvalue weighted by molar-refractivity contribution is 6.28. The maximum absolute atomic E-state index is 12.5. The molecule has 0 saturated carbocycles. The van der Waals surface area contributed by atoms with Crippen molar-refractivity contribution in [3.05, 3.63) is 135 Å². The second kappa shape index (κ2) is 10.7. The van der Waals surface area contributed by atoms with Gasteiger partial charge in [0, 0.05) is 97.4 Å². The molecule has 5 aromatic rings. The molecule has 48 heavy (non-hydrogen) atoms. The number of nitrogens with zero attached hydrogens (tertiary/aromatic N) is 4. The van der Waals surface area contributed by atoms with Crippen molar-refractivity contribution in [1.29, 1.82) is 5.26 Å². The van der Waals surface area contributed by atoms with Crippen molar-refractivity contribution in [1.82, 2.24) is 0 Å². The number of fused-ring (bicyclic) bond motifs is 4. The van der Waals surface area contributed by atoms with Gasteiger partial charge in [-0.2, -0.15) is 0 Å². The largest absolute Gasteiger partial charge is 0.507 e. The number of nitrogens with two attached hydrogens (primary N) is 4. The minimum atomic E-state index is -0.193. The third kappa shape index (κ3) is 3.92. The lowest BCUT2D eigenvalue weighted by Crippen LogP contribution is -2.27. The third-order valence-corrected chi connectivity index (χ3v) is 9.23. The van der Waals surface area contributed by atoms with Crippen LogP contribution in [-0.4, -0.2) is 43.6 Å². The maximum Gasteiger partial charge on any atom is 0.270 e. The number of aliphatic hydroxyl groups is 1. The van der Waals surface area contributed by atoms with Crippen LogP contribution in [0.5, 0.6) is 0 Å². The molecule has 0 atom stereocenters. The molecule has 0 aliphatic heterocycles. The number of allylic oxidation sites excluding steroid dienone is 3. The van der Waals surface area contributed by atoms with Gasteiger partial charge in [-0.3, -0.25) is 0 Å². The topological polar surface area (TPSA) is 159 Å². The van der Waals surface area contributed by atoms with E-state index in [0.717, 1.165) is 33.3 Å². The van der Waals surface area contributed by atoms with Crippen molar-refractivity contribution < 1.29 is 9.68 Å². The van der Waals surface area contributed by atoms with Crippen LogP contribution in [-0.2, 0) is 0 Å². The summed E-state index contributed by atoms with van der Waals surface area (Å²) in [6.45, 7) is 8.11. The number of anilines is 5. The predicted molar refractivity (Wildman–Crippen MR) is 196 cm³/mol. The van der Waals surface area contributed by atoms with Crippen molar-refractivity contribution in [3.8, 4) is 6.07 Å². The van der Waals surface area contributed by atoms with Crippen LogP contribution in [0.15, 0.2) is 95.4 Å². The zero-order valence-corrected chi connectivity index (χ0v) is 27.0. The molecular weight excluding hydrogens is 596 g/mol. The van der Waals surface area contributed by atoms with Crippen molar-refractivity contribution in [2.24, 2.45) is 0 Å². The molecule has 7 rings (SSSR count). The molecule has 234 valence electrons. The molecule has 0 unspecified atom stereocenters. The first kappa shape index (κ1) is 30.0. The van der Waals surface area contributed by atoms with E-state index in [0.29, 0.717) is 66.9 Å². The number of nitrogen functional groups attached to an aromatic ring is 4. The minimum absolute atomic E-state index is 0.111. The summed E-state index contributed by atoms with van der Waals surface area (Å²) in [6, 6.07) is 24.7. The molecule has 5 aromatic carbocycles. The van der Waals surface area contributed by atoms with Gasteiger partial charge in [-0.25, -0.2) is 14.7 Å².